The van der Waals surface area contributed by atoms with Crippen LogP contribution in [-0.2, 0) is 38.1 Å². The van der Waals surface area contributed by atoms with Crippen LogP contribution in [0.3, 0.4) is 0 Å². The number of carbonyl (C=O) groups excluding carboxylic acids is 2. The number of nitrogens with zero attached hydrogens (tertiary/aromatic N) is 2. The second-order valence-corrected chi connectivity index (χ2v) is 12.2. The van der Waals surface area contributed by atoms with Gasteiger partial charge in [-0.2, -0.15) is 13.2 Å². The number of esters is 2. The molecule has 8 nitrogen and oxygen atoms in total. The van der Waals surface area contributed by atoms with Crippen molar-refractivity contribution in [3.8, 4) is 0 Å². The summed E-state index contributed by atoms with van der Waals surface area (Å²) >= 11 is 0. The molecule has 48 heavy (non-hydrogen) atoms. The molecule has 3 aromatic heterocycles. The molecular formula is C37H41F3N4O4. The van der Waals surface area contributed by atoms with Crippen molar-refractivity contribution in [2.75, 3.05) is 14.2 Å². The Morgan fingerprint density at radius 2 is 1.23 bits per heavy atom. The fraction of sp³-hybridized carbons (Fsp3) is 0.405. The highest BCUT2D eigenvalue weighted by Crippen LogP contribution is 2.45. The van der Waals surface area contributed by atoms with Crippen molar-refractivity contribution >= 4 is 56.3 Å². The van der Waals surface area contributed by atoms with E-state index in [1.54, 1.807) is 13.0 Å². The molecule has 0 aromatic carbocycles. The number of H-pyrrole nitrogens is 2. The average molecular weight is 663 g/mol. The molecule has 0 atom stereocenters. The summed E-state index contributed by atoms with van der Waals surface area (Å²) in [6, 6.07) is 5.57. The topological polar surface area (TPSA) is 110 Å². The molecule has 8 bridgehead atoms. The Balaban J connectivity index is 2.01. The predicted octanol–water partition coefficient (Wildman–Crippen LogP) is 8.84. The number of aromatic amines is 2. The summed E-state index contributed by atoms with van der Waals surface area (Å²) in [5, 5.41) is 0. The maximum atomic E-state index is 15.3. The molecular weight excluding hydrogens is 621 g/mol. The summed E-state index contributed by atoms with van der Waals surface area (Å²) in [4.78, 5) is 40.7. The number of allylic oxidation sites excluding steroid dienone is 4. The molecule has 0 saturated heterocycles. The number of rotatable bonds is 8. The Hall–Kier alpha value is -4.67. The van der Waals surface area contributed by atoms with Gasteiger partial charge >= 0.3 is 18.1 Å². The molecule has 2 aliphatic heterocycles. The van der Waals surface area contributed by atoms with Crippen molar-refractivity contribution in [1.29, 1.82) is 0 Å². The summed E-state index contributed by atoms with van der Waals surface area (Å²) in [5.41, 5.74) is 8.29. The van der Waals surface area contributed by atoms with Gasteiger partial charge < -0.3 is 19.4 Å². The van der Waals surface area contributed by atoms with E-state index in [0.717, 1.165) is 38.8 Å². The zero-order valence-electron chi connectivity index (χ0n) is 28.6. The average Bonchev–Trinajstić information content (AvgIpc) is 3.71. The van der Waals surface area contributed by atoms with Crippen molar-refractivity contribution in [2.45, 2.75) is 86.2 Å². The highest BCUT2D eigenvalue weighted by atomic mass is 19.4. The monoisotopic (exact) mass is 662 g/mol. The number of hydrogen-bond acceptors (Lipinski definition) is 6. The smallest absolute Gasteiger partial charge is 0.420 e. The van der Waals surface area contributed by atoms with Gasteiger partial charge in [0.2, 0.25) is 0 Å². The van der Waals surface area contributed by atoms with Gasteiger partial charge in [0.15, 0.2) is 0 Å². The van der Waals surface area contributed by atoms with Crippen LogP contribution in [0.5, 0.6) is 0 Å². The predicted molar refractivity (Wildman–Crippen MR) is 182 cm³/mol. The Morgan fingerprint density at radius 1 is 0.688 bits per heavy atom. The second kappa shape index (κ2) is 13.4. The third-order valence-electron chi connectivity index (χ3n) is 9.54. The molecule has 254 valence electrons. The fourth-order valence-electron chi connectivity index (χ4n) is 6.80. The molecule has 2 aliphatic rings. The quantitative estimate of drug-likeness (QED) is 0.233. The van der Waals surface area contributed by atoms with Crippen LogP contribution in [0.15, 0.2) is 18.2 Å². The van der Waals surface area contributed by atoms with Gasteiger partial charge in [0.05, 0.1) is 37.0 Å². The number of aromatic nitrogens is 4. The molecule has 0 saturated carbocycles. The van der Waals surface area contributed by atoms with Crippen LogP contribution in [-0.4, -0.2) is 46.1 Å². The van der Waals surface area contributed by atoms with Gasteiger partial charge in [-0.1, -0.05) is 13.8 Å². The van der Waals surface area contributed by atoms with E-state index in [4.69, 9.17) is 9.47 Å². The number of alkyl halides is 3. The van der Waals surface area contributed by atoms with Crippen LogP contribution < -0.4 is 0 Å². The maximum Gasteiger partial charge on any atom is 0.420 e. The lowest BCUT2D eigenvalue weighted by atomic mass is 9.95. The van der Waals surface area contributed by atoms with E-state index in [-0.39, 0.29) is 36.6 Å². The van der Waals surface area contributed by atoms with E-state index in [2.05, 4.69) is 19.9 Å². The summed E-state index contributed by atoms with van der Waals surface area (Å²) in [5.74, 6) is -0.865. The third kappa shape index (κ3) is 6.30. The first-order chi connectivity index (χ1) is 22.7. The first-order valence-electron chi connectivity index (χ1n) is 16.1. The number of fused-ring (bicyclic) bond motifs is 8. The lowest BCUT2D eigenvalue weighted by Gasteiger charge is -2.13. The third-order valence-corrected chi connectivity index (χ3v) is 9.54. The number of hydrogen-bond donors (Lipinski definition) is 2. The second-order valence-electron chi connectivity index (χ2n) is 12.2. The normalized spacial score (nSPS) is 13.4. The van der Waals surface area contributed by atoms with E-state index in [9.17, 15) is 9.59 Å². The number of halogens is 3. The highest BCUT2D eigenvalue weighted by molar-refractivity contribution is 5.97. The van der Waals surface area contributed by atoms with E-state index in [0.29, 0.717) is 58.5 Å². The first kappa shape index (κ1) is 34.7. The number of carbonyl (C=O) groups is 2. The van der Waals surface area contributed by atoms with E-state index >= 15 is 13.2 Å². The number of aryl methyl sites for hydroxylation is 4. The van der Waals surface area contributed by atoms with Gasteiger partial charge in [0, 0.05) is 34.9 Å². The molecule has 0 fully saturated rings. The van der Waals surface area contributed by atoms with E-state index < -0.39 is 17.7 Å². The molecule has 0 amide bonds. The van der Waals surface area contributed by atoms with Crippen molar-refractivity contribution in [3.63, 3.8) is 0 Å². The van der Waals surface area contributed by atoms with Crippen molar-refractivity contribution in [1.82, 2.24) is 19.9 Å². The van der Waals surface area contributed by atoms with Crippen LogP contribution in [0.4, 0.5) is 13.2 Å². The van der Waals surface area contributed by atoms with Crippen LogP contribution in [0.25, 0.3) is 44.4 Å². The molecule has 0 unspecified atom stereocenters. The van der Waals surface area contributed by atoms with Crippen LogP contribution >= 0.6 is 0 Å². The largest absolute Gasteiger partial charge is 0.469 e. The molecule has 0 aliphatic carbocycles. The van der Waals surface area contributed by atoms with Crippen LogP contribution in [0.1, 0.15) is 104 Å². The van der Waals surface area contributed by atoms with E-state index in [1.807, 2.05) is 46.8 Å². The fourth-order valence-corrected chi connectivity index (χ4v) is 6.80. The van der Waals surface area contributed by atoms with Crippen molar-refractivity contribution in [3.05, 3.63) is 68.8 Å². The molecule has 2 N–H and O–H groups in total. The summed E-state index contributed by atoms with van der Waals surface area (Å²) in [6.45, 7) is 11.2. The maximum absolute atomic E-state index is 15.3. The van der Waals surface area contributed by atoms with Crippen molar-refractivity contribution in [2.24, 2.45) is 0 Å². The minimum absolute atomic E-state index is 0.0380. The highest BCUT2D eigenvalue weighted by Gasteiger charge is 2.41. The zero-order valence-corrected chi connectivity index (χ0v) is 28.6. The first-order valence-corrected chi connectivity index (χ1v) is 16.1. The van der Waals surface area contributed by atoms with Gasteiger partial charge in [-0.25, -0.2) is 9.97 Å². The molecule has 0 spiro atoms. The SMILES string of the molecule is CCC1=C(C)c2cc3[nH]c(cc4[nH]c(cc5nc(c(C(F)(F)F)c1n2)C(C)=C5CCC(=O)OC)c(CCC(=O)OC)c4C)c(C)c3CC. The Morgan fingerprint density at radius 3 is 1.79 bits per heavy atom. The van der Waals surface area contributed by atoms with Crippen molar-refractivity contribution < 1.29 is 32.2 Å². The Kier molecular flexibility index (Phi) is 9.71. The van der Waals surface area contributed by atoms with Crippen LogP contribution in [0.2, 0.25) is 0 Å². The van der Waals surface area contributed by atoms with E-state index in [1.165, 1.54) is 14.2 Å². The number of methoxy groups -OCH3 is 2. The van der Waals surface area contributed by atoms with Gasteiger partial charge in [-0.05, 0) is 116 Å². The Bertz CT molecular complexity index is 2050. The molecule has 0 radical (unpaired) electrons. The molecule has 11 heteroatoms. The standard InChI is InChI=1S/C37H41F3N4O4/c1-9-22-18(3)26-15-27-20(5)24(11-13-32(45)47-7)30(42-27)17-31-25(12-14-33(46)48-8)21(6)35(44-31)34(37(38,39)40)36-23(10-2)19(4)28(43-36)16-29(22)41-26/h15-17,41-42H,9-14H2,1-8H3. The zero-order chi connectivity index (χ0) is 35.1. The lowest BCUT2D eigenvalue weighted by molar-refractivity contribution is -0.141. The molecule has 5 rings (SSSR count). The Labute approximate surface area is 277 Å². The minimum atomic E-state index is -4.79. The molecule has 3 aromatic rings. The van der Waals surface area contributed by atoms with Gasteiger partial charge in [0.1, 0.15) is 5.56 Å². The number of nitrogens with one attached hydrogen (secondary N) is 2. The van der Waals surface area contributed by atoms with Gasteiger partial charge in [-0.3, -0.25) is 9.59 Å². The van der Waals surface area contributed by atoms with Gasteiger partial charge in [0.25, 0.3) is 0 Å². The van der Waals surface area contributed by atoms with Gasteiger partial charge in [-0.15, -0.1) is 0 Å². The number of ether oxygens (including phenoxy) is 2. The van der Waals surface area contributed by atoms with Crippen LogP contribution in [0, 0.1) is 13.8 Å². The lowest BCUT2D eigenvalue weighted by Crippen LogP contribution is -2.12. The summed E-state index contributed by atoms with van der Waals surface area (Å²) in [7, 11) is 2.60. The minimum Gasteiger partial charge on any atom is -0.469 e. The molecule has 5 heterocycles. The summed E-state index contributed by atoms with van der Waals surface area (Å²) < 4.78 is 55.6. The summed E-state index contributed by atoms with van der Waals surface area (Å²) in [6.07, 6.45) is -3.21.